The van der Waals surface area contributed by atoms with Crippen molar-refractivity contribution in [2.75, 3.05) is 5.32 Å². The zero-order valence-corrected chi connectivity index (χ0v) is 22.5. The topological polar surface area (TPSA) is 118 Å². The number of aromatic nitrogens is 3. The molecular weight excluding hydrogens is 537 g/mol. The second kappa shape index (κ2) is 11.7. The zero-order valence-electron chi connectivity index (χ0n) is 22.5. The van der Waals surface area contributed by atoms with Crippen LogP contribution in [0.5, 0.6) is 0 Å². The number of nitrogens with one attached hydrogen (secondary N) is 2. The van der Waals surface area contributed by atoms with Crippen LogP contribution in [0.15, 0.2) is 71.4 Å². The molecule has 9 nitrogen and oxygen atoms in total. The van der Waals surface area contributed by atoms with E-state index in [0.717, 1.165) is 41.8 Å². The molecule has 1 aromatic carbocycles. The van der Waals surface area contributed by atoms with E-state index >= 15 is 0 Å². The second-order valence-corrected chi connectivity index (χ2v) is 9.66. The van der Waals surface area contributed by atoms with E-state index in [4.69, 9.17) is 0 Å². The lowest BCUT2D eigenvalue weighted by atomic mass is 10.0. The van der Waals surface area contributed by atoms with Crippen molar-refractivity contribution in [2.24, 2.45) is 18.0 Å². The summed E-state index contributed by atoms with van der Waals surface area (Å²) in [6.07, 6.45) is 2.45. The Hall–Kier alpha value is -4.87. The summed E-state index contributed by atoms with van der Waals surface area (Å²) in [4.78, 5) is 41.1. The highest BCUT2D eigenvalue weighted by Crippen LogP contribution is 2.30. The molecule has 0 spiro atoms. The average Bonchev–Trinajstić information content (AvgIpc) is 3.76. The van der Waals surface area contributed by atoms with Gasteiger partial charge in [-0.25, -0.2) is 4.99 Å². The molecule has 0 saturated heterocycles. The van der Waals surface area contributed by atoms with Gasteiger partial charge in [0.25, 0.3) is 11.5 Å². The molecule has 2 N–H and O–H groups in total. The number of rotatable bonds is 7. The molecule has 0 atom stereocenters. The fraction of sp³-hybridized carbons (Fsp3) is 0.241. The smallest absolute Gasteiger partial charge is 0.322 e. The molecule has 0 unspecified atom stereocenters. The van der Waals surface area contributed by atoms with Crippen LogP contribution in [0, 0.1) is 12.8 Å². The van der Waals surface area contributed by atoms with E-state index in [-0.39, 0.29) is 17.4 Å². The molecule has 212 valence electrons. The van der Waals surface area contributed by atoms with Gasteiger partial charge in [-0.05, 0) is 73.7 Å². The molecule has 0 aliphatic heterocycles. The van der Waals surface area contributed by atoms with Crippen molar-refractivity contribution in [3.63, 3.8) is 0 Å². The molecule has 12 heteroatoms. The number of halogens is 3. The minimum Gasteiger partial charge on any atom is -0.322 e. The minimum absolute atomic E-state index is 0.00387. The SMILES string of the molecule is C=C/N=C(\C=C(/C)c1cnnc(-c2cc(NC(=O)c3cc(C(F)(F)F)c(=O)n(C)c3)ccc2C)c1)NC(=O)C1CC1. The quantitative estimate of drug-likeness (QED) is 0.313. The minimum atomic E-state index is -4.90. The molecule has 3 aromatic rings. The van der Waals surface area contributed by atoms with Crippen molar-refractivity contribution in [3.05, 3.63) is 94.2 Å². The van der Waals surface area contributed by atoms with Crippen LogP contribution in [0.3, 0.4) is 0 Å². The van der Waals surface area contributed by atoms with Gasteiger partial charge in [-0.3, -0.25) is 14.4 Å². The molecule has 1 aliphatic rings. The Morgan fingerprint density at radius 3 is 2.56 bits per heavy atom. The summed E-state index contributed by atoms with van der Waals surface area (Å²) in [7, 11) is 1.15. The number of nitrogens with zero attached hydrogens (tertiary/aromatic N) is 4. The number of anilines is 1. The Kier molecular flexibility index (Phi) is 8.31. The maximum Gasteiger partial charge on any atom is 0.421 e. The number of allylic oxidation sites excluding steroid dienone is 1. The van der Waals surface area contributed by atoms with Gasteiger partial charge in [0, 0.05) is 36.6 Å². The fourth-order valence-electron chi connectivity index (χ4n) is 4.00. The van der Waals surface area contributed by atoms with E-state index in [2.05, 4.69) is 32.4 Å². The number of alkyl halides is 3. The summed E-state index contributed by atoms with van der Waals surface area (Å²) in [6, 6.07) is 7.28. The third-order valence-corrected chi connectivity index (χ3v) is 6.42. The third kappa shape index (κ3) is 7.02. The highest BCUT2D eigenvalue weighted by atomic mass is 19.4. The van der Waals surface area contributed by atoms with E-state index in [1.165, 1.54) is 6.20 Å². The van der Waals surface area contributed by atoms with Crippen LogP contribution < -0.4 is 16.2 Å². The first kappa shape index (κ1) is 29.1. The molecule has 1 saturated carbocycles. The summed E-state index contributed by atoms with van der Waals surface area (Å²) in [5.41, 5.74) is 0.668. The van der Waals surface area contributed by atoms with Crippen LogP contribution >= 0.6 is 0 Å². The maximum absolute atomic E-state index is 13.3. The first-order chi connectivity index (χ1) is 19.4. The number of aliphatic imine (C=N–C) groups is 1. The number of carbonyl (C=O) groups excluding carboxylic acids is 2. The molecule has 2 amide bonds. The van der Waals surface area contributed by atoms with Crippen LogP contribution in [0.4, 0.5) is 18.9 Å². The Bertz CT molecular complexity index is 1650. The number of carbonyl (C=O) groups is 2. The van der Waals surface area contributed by atoms with E-state index in [9.17, 15) is 27.6 Å². The predicted octanol–water partition coefficient (Wildman–Crippen LogP) is 4.89. The summed E-state index contributed by atoms with van der Waals surface area (Å²) in [5.74, 6) is -0.559. The van der Waals surface area contributed by atoms with Crippen LogP contribution in [0.2, 0.25) is 0 Å². The molecule has 2 heterocycles. The van der Waals surface area contributed by atoms with Gasteiger partial charge in [-0.2, -0.15) is 23.4 Å². The highest BCUT2D eigenvalue weighted by molar-refractivity contribution is 6.08. The number of amides is 2. The third-order valence-electron chi connectivity index (χ3n) is 6.42. The lowest BCUT2D eigenvalue weighted by molar-refractivity contribution is -0.139. The van der Waals surface area contributed by atoms with Crippen molar-refractivity contribution in [1.82, 2.24) is 20.1 Å². The largest absolute Gasteiger partial charge is 0.421 e. The molecule has 0 bridgehead atoms. The van der Waals surface area contributed by atoms with Crippen molar-refractivity contribution in [2.45, 2.75) is 32.9 Å². The standard InChI is InChI=1S/C29H27F3N6O3/c1-5-33-25(36-26(39)18-7-8-18)10-17(3)19-12-24(37-34-14-19)22-13-21(9-6-16(22)2)35-27(40)20-11-23(29(30,31)32)28(41)38(4)15-20/h5-6,9-15,18H,1,7-8H2,2-4H3,(H,35,40)(H,33,36,39)/b17-10+. The number of pyridine rings is 1. The van der Waals surface area contributed by atoms with Crippen molar-refractivity contribution in [1.29, 1.82) is 0 Å². The first-order valence-corrected chi connectivity index (χ1v) is 12.6. The van der Waals surface area contributed by atoms with Gasteiger partial charge < -0.3 is 15.2 Å². The average molecular weight is 565 g/mol. The van der Waals surface area contributed by atoms with E-state index in [0.29, 0.717) is 34.4 Å². The molecule has 1 fully saturated rings. The van der Waals surface area contributed by atoms with Gasteiger partial charge in [-0.1, -0.05) is 12.6 Å². The molecule has 1 aliphatic carbocycles. The van der Waals surface area contributed by atoms with E-state index in [1.807, 2.05) is 13.8 Å². The van der Waals surface area contributed by atoms with E-state index in [1.54, 1.807) is 36.5 Å². The van der Waals surface area contributed by atoms with Crippen LogP contribution in [0.25, 0.3) is 16.8 Å². The van der Waals surface area contributed by atoms with Crippen molar-refractivity contribution < 1.29 is 22.8 Å². The Labute approximate surface area is 233 Å². The van der Waals surface area contributed by atoms with Gasteiger partial charge in [0.05, 0.1) is 17.5 Å². The summed E-state index contributed by atoms with van der Waals surface area (Å²) in [6.45, 7) is 7.26. The lowest BCUT2D eigenvalue weighted by Crippen LogP contribution is -2.30. The van der Waals surface area contributed by atoms with Crippen LogP contribution in [0.1, 0.15) is 46.8 Å². The number of benzene rings is 1. The molecule has 2 aromatic heterocycles. The summed E-state index contributed by atoms with van der Waals surface area (Å²) in [5, 5.41) is 13.7. The van der Waals surface area contributed by atoms with Gasteiger partial charge in [-0.15, -0.1) is 0 Å². The monoisotopic (exact) mass is 564 g/mol. The van der Waals surface area contributed by atoms with E-state index < -0.39 is 23.2 Å². The molecular formula is C29H27F3N6O3. The predicted molar refractivity (Wildman–Crippen MR) is 149 cm³/mol. The summed E-state index contributed by atoms with van der Waals surface area (Å²) >= 11 is 0. The normalized spacial score (nSPS) is 14.0. The van der Waals surface area contributed by atoms with Crippen LogP contribution in [-0.2, 0) is 18.0 Å². The number of hydrogen-bond donors (Lipinski definition) is 2. The number of hydrogen-bond acceptors (Lipinski definition) is 6. The lowest BCUT2D eigenvalue weighted by Gasteiger charge is -2.13. The number of amidine groups is 1. The second-order valence-electron chi connectivity index (χ2n) is 9.66. The van der Waals surface area contributed by atoms with Crippen molar-refractivity contribution >= 4 is 28.9 Å². The van der Waals surface area contributed by atoms with Crippen LogP contribution in [-0.4, -0.2) is 32.4 Å². The van der Waals surface area contributed by atoms with Gasteiger partial charge >= 0.3 is 6.18 Å². The Morgan fingerprint density at radius 2 is 1.90 bits per heavy atom. The van der Waals surface area contributed by atoms with Gasteiger partial charge in [0.15, 0.2) is 0 Å². The molecule has 4 rings (SSSR count). The highest BCUT2D eigenvalue weighted by Gasteiger charge is 2.35. The van der Waals surface area contributed by atoms with Gasteiger partial charge in [0.1, 0.15) is 11.4 Å². The summed E-state index contributed by atoms with van der Waals surface area (Å²) < 4.78 is 40.6. The molecule has 41 heavy (non-hydrogen) atoms. The molecule has 0 radical (unpaired) electrons. The Morgan fingerprint density at radius 1 is 1.17 bits per heavy atom. The maximum atomic E-state index is 13.3. The zero-order chi connectivity index (χ0) is 29.9. The van der Waals surface area contributed by atoms with Gasteiger partial charge in [0.2, 0.25) is 5.91 Å². The number of aryl methyl sites for hydroxylation is 2. The Balaban J connectivity index is 1.60. The van der Waals surface area contributed by atoms with Crippen molar-refractivity contribution in [3.8, 4) is 11.3 Å². The first-order valence-electron chi connectivity index (χ1n) is 12.6. The fourth-order valence-corrected chi connectivity index (χ4v) is 4.00.